The zero-order chi connectivity index (χ0) is 26.1. The maximum atomic E-state index is 13.1. The quantitative estimate of drug-likeness (QED) is 0.324. The lowest BCUT2D eigenvalue weighted by molar-refractivity contribution is -0.131. The van der Waals surface area contributed by atoms with E-state index in [1.807, 2.05) is 61.5 Å². The van der Waals surface area contributed by atoms with Gasteiger partial charge in [0.15, 0.2) is 5.69 Å². The van der Waals surface area contributed by atoms with Crippen LogP contribution in [0.25, 0.3) is 0 Å². The summed E-state index contributed by atoms with van der Waals surface area (Å²) in [4.78, 5) is 38.7. The third-order valence-corrected chi connectivity index (χ3v) is 5.70. The van der Waals surface area contributed by atoms with Gasteiger partial charge in [-0.05, 0) is 44.7 Å². The Bertz CT molecular complexity index is 1160. The zero-order valence-corrected chi connectivity index (χ0v) is 20.7. The summed E-state index contributed by atoms with van der Waals surface area (Å²) in [7, 11) is 0. The van der Waals surface area contributed by atoms with E-state index in [0.717, 1.165) is 16.7 Å². The molecule has 0 spiro atoms. The minimum absolute atomic E-state index is 0.0116. The van der Waals surface area contributed by atoms with Gasteiger partial charge in [-0.25, -0.2) is 0 Å². The molecule has 9 heteroatoms. The molecule has 4 N–H and O–H groups in total. The van der Waals surface area contributed by atoms with E-state index in [1.54, 1.807) is 6.92 Å². The topological polar surface area (TPSA) is 134 Å². The van der Waals surface area contributed by atoms with E-state index in [1.165, 1.54) is 13.0 Å². The standard InChI is InChI=1S/C27H32N4O5/c1-17-9-11-21(12-10-17)16-28-25(33)22(14-13-20-7-5-4-6-8-20)29-27(35)24(19(3)32)30-26(34)23-15-18(2)36-31-23/h4-12,15,19,22,24,32H,13-14,16H2,1-3H3,(H,28,33)(H,29,35)(H,30,34)/t19-,22+,24+/m1/s1. The van der Waals surface area contributed by atoms with Crippen LogP contribution < -0.4 is 16.0 Å². The maximum Gasteiger partial charge on any atom is 0.274 e. The Hall–Kier alpha value is -3.98. The molecule has 36 heavy (non-hydrogen) atoms. The fourth-order valence-electron chi connectivity index (χ4n) is 3.60. The summed E-state index contributed by atoms with van der Waals surface area (Å²) in [5, 5.41) is 21.9. The number of hydrogen-bond acceptors (Lipinski definition) is 6. The summed E-state index contributed by atoms with van der Waals surface area (Å²) in [5.74, 6) is -1.27. The Kier molecular flexibility index (Phi) is 9.35. The Labute approximate surface area is 210 Å². The van der Waals surface area contributed by atoms with Crippen LogP contribution in [0.1, 0.15) is 46.3 Å². The van der Waals surface area contributed by atoms with Gasteiger partial charge in [-0.2, -0.15) is 0 Å². The molecule has 9 nitrogen and oxygen atoms in total. The number of benzene rings is 2. The van der Waals surface area contributed by atoms with Gasteiger partial charge in [0.05, 0.1) is 6.10 Å². The van der Waals surface area contributed by atoms with Crippen LogP contribution in [0.2, 0.25) is 0 Å². The molecule has 190 valence electrons. The van der Waals surface area contributed by atoms with Crippen LogP contribution in [0, 0.1) is 13.8 Å². The highest BCUT2D eigenvalue weighted by Crippen LogP contribution is 2.09. The Balaban J connectivity index is 1.69. The second-order valence-corrected chi connectivity index (χ2v) is 8.80. The van der Waals surface area contributed by atoms with E-state index in [4.69, 9.17) is 4.52 Å². The molecule has 3 rings (SSSR count). The van der Waals surface area contributed by atoms with Crippen molar-refractivity contribution in [3.63, 3.8) is 0 Å². The summed E-state index contributed by atoms with van der Waals surface area (Å²) in [6.45, 7) is 5.31. The number of nitrogens with one attached hydrogen (secondary N) is 3. The van der Waals surface area contributed by atoms with Gasteiger partial charge >= 0.3 is 0 Å². The second kappa shape index (κ2) is 12.6. The van der Waals surface area contributed by atoms with E-state index in [2.05, 4.69) is 21.1 Å². The average Bonchev–Trinajstić information content (AvgIpc) is 3.31. The van der Waals surface area contributed by atoms with Gasteiger partial charge in [-0.15, -0.1) is 0 Å². The van der Waals surface area contributed by atoms with Crippen molar-refractivity contribution in [2.45, 2.75) is 58.3 Å². The summed E-state index contributed by atoms with van der Waals surface area (Å²) in [5.41, 5.74) is 3.05. The molecule has 0 bridgehead atoms. The number of nitrogens with zero attached hydrogens (tertiary/aromatic N) is 1. The fourth-order valence-corrected chi connectivity index (χ4v) is 3.60. The van der Waals surface area contributed by atoms with Crippen molar-refractivity contribution in [3.8, 4) is 0 Å². The van der Waals surface area contributed by atoms with Gasteiger partial charge in [-0.1, -0.05) is 65.3 Å². The highest BCUT2D eigenvalue weighted by molar-refractivity contribution is 5.97. The first kappa shape index (κ1) is 26.6. The maximum absolute atomic E-state index is 13.1. The van der Waals surface area contributed by atoms with Crippen LogP contribution in [0.4, 0.5) is 0 Å². The molecule has 0 radical (unpaired) electrons. The molecular weight excluding hydrogens is 460 g/mol. The lowest BCUT2D eigenvalue weighted by Crippen LogP contribution is -2.57. The number of hydrogen-bond donors (Lipinski definition) is 4. The molecule has 0 aliphatic carbocycles. The van der Waals surface area contributed by atoms with Gasteiger partial charge in [0.25, 0.3) is 5.91 Å². The first-order valence-corrected chi connectivity index (χ1v) is 11.8. The summed E-state index contributed by atoms with van der Waals surface area (Å²) < 4.78 is 4.90. The summed E-state index contributed by atoms with van der Waals surface area (Å²) in [6, 6.07) is 16.6. The molecular formula is C27H32N4O5. The fraction of sp³-hybridized carbons (Fsp3) is 0.333. The van der Waals surface area contributed by atoms with Gasteiger partial charge in [0, 0.05) is 12.6 Å². The second-order valence-electron chi connectivity index (χ2n) is 8.80. The molecule has 0 aliphatic rings. The van der Waals surface area contributed by atoms with Crippen molar-refractivity contribution in [1.29, 1.82) is 0 Å². The van der Waals surface area contributed by atoms with Crippen molar-refractivity contribution in [2.24, 2.45) is 0 Å². The van der Waals surface area contributed by atoms with E-state index >= 15 is 0 Å². The predicted molar refractivity (Wildman–Crippen MR) is 134 cm³/mol. The normalized spacial score (nSPS) is 13.3. The number of aromatic nitrogens is 1. The van der Waals surface area contributed by atoms with E-state index in [-0.39, 0.29) is 11.6 Å². The Morgan fingerprint density at radius 3 is 2.25 bits per heavy atom. The highest BCUT2D eigenvalue weighted by atomic mass is 16.5. The molecule has 0 saturated heterocycles. The van der Waals surface area contributed by atoms with Crippen molar-refractivity contribution in [1.82, 2.24) is 21.1 Å². The van der Waals surface area contributed by atoms with Gasteiger partial charge in [0.2, 0.25) is 11.8 Å². The number of amides is 3. The number of aliphatic hydroxyl groups is 1. The third kappa shape index (κ3) is 7.78. The predicted octanol–water partition coefficient (Wildman–Crippen LogP) is 2.20. The zero-order valence-electron chi connectivity index (χ0n) is 20.7. The van der Waals surface area contributed by atoms with Crippen LogP contribution in [-0.2, 0) is 22.6 Å². The number of aliphatic hydroxyl groups excluding tert-OH is 1. The molecule has 3 atom stereocenters. The minimum Gasteiger partial charge on any atom is -0.391 e. The highest BCUT2D eigenvalue weighted by Gasteiger charge is 2.30. The largest absolute Gasteiger partial charge is 0.391 e. The molecule has 2 aromatic carbocycles. The molecule has 0 fully saturated rings. The molecule has 0 aliphatic heterocycles. The van der Waals surface area contributed by atoms with Crippen LogP contribution in [0.3, 0.4) is 0 Å². The number of rotatable bonds is 11. The molecule has 3 aromatic rings. The summed E-state index contributed by atoms with van der Waals surface area (Å²) >= 11 is 0. The Morgan fingerprint density at radius 2 is 1.64 bits per heavy atom. The third-order valence-electron chi connectivity index (χ3n) is 5.70. The smallest absolute Gasteiger partial charge is 0.274 e. The molecule has 1 heterocycles. The van der Waals surface area contributed by atoms with Crippen molar-refractivity contribution >= 4 is 17.7 Å². The number of carbonyl (C=O) groups is 3. The molecule has 3 amide bonds. The number of aryl methyl sites for hydroxylation is 3. The average molecular weight is 493 g/mol. The first-order valence-electron chi connectivity index (χ1n) is 11.8. The number of carbonyl (C=O) groups excluding carboxylic acids is 3. The van der Waals surface area contributed by atoms with Crippen molar-refractivity contribution in [3.05, 3.63) is 88.8 Å². The monoisotopic (exact) mass is 492 g/mol. The van der Waals surface area contributed by atoms with Crippen LogP contribution in [0.5, 0.6) is 0 Å². The van der Waals surface area contributed by atoms with Crippen LogP contribution in [0.15, 0.2) is 65.2 Å². The Morgan fingerprint density at radius 1 is 0.944 bits per heavy atom. The lowest BCUT2D eigenvalue weighted by atomic mass is 10.0. The van der Waals surface area contributed by atoms with Gasteiger partial charge in [-0.3, -0.25) is 14.4 Å². The lowest BCUT2D eigenvalue weighted by Gasteiger charge is -2.24. The SMILES string of the molecule is Cc1ccc(CNC(=O)[C@H](CCc2ccccc2)NC(=O)[C@@H](NC(=O)c2cc(C)on2)[C@@H](C)O)cc1. The van der Waals surface area contributed by atoms with E-state index < -0.39 is 30.0 Å². The van der Waals surface area contributed by atoms with E-state index in [9.17, 15) is 19.5 Å². The molecule has 0 saturated carbocycles. The molecule has 1 aromatic heterocycles. The van der Waals surface area contributed by atoms with Crippen molar-refractivity contribution in [2.75, 3.05) is 0 Å². The van der Waals surface area contributed by atoms with Crippen LogP contribution in [-0.4, -0.2) is 46.2 Å². The van der Waals surface area contributed by atoms with Gasteiger partial charge in [0.1, 0.15) is 17.8 Å². The molecule has 0 unspecified atom stereocenters. The first-order chi connectivity index (χ1) is 17.2. The van der Waals surface area contributed by atoms with E-state index in [0.29, 0.717) is 25.1 Å². The van der Waals surface area contributed by atoms with Gasteiger partial charge < -0.3 is 25.6 Å². The van der Waals surface area contributed by atoms with Crippen molar-refractivity contribution < 1.29 is 24.0 Å². The minimum atomic E-state index is -1.29. The summed E-state index contributed by atoms with van der Waals surface area (Å²) in [6.07, 6.45) is -0.334. The van der Waals surface area contributed by atoms with Crippen LogP contribution >= 0.6 is 0 Å².